The minimum Gasteiger partial charge on any atom is -0.336 e. The standard InChI is InChI=1S/C17H19N3O2S/c1-3-14-11(2)10-15(23-14)16(21)19-12-4-6-13(7-5-12)20-9-8-18-17(20)22/h4-7,10H,3,8-9H2,1-2H3,(H,18,22)(H,19,21). The predicted molar refractivity (Wildman–Crippen MR) is 93.6 cm³/mol. The molecule has 3 rings (SSSR count). The second-order valence-electron chi connectivity index (χ2n) is 5.45. The van der Waals surface area contributed by atoms with E-state index in [9.17, 15) is 9.59 Å². The summed E-state index contributed by atoms with van der Waals surface area (Å²) in [5, 5.41) is 5.67. The molecule has 23 heavy (non-hydrogen) atoms. The van der Waals surface area contributed by atoms with Gasteiger partial charge in [-0.05, 0) is 49.2 Å². The second kappa shape index (κ2) is 6.42. The van der Waals surface area contributed by atoms with Gasteiger partial charge in [-0.25, -0.2) is 4.79 Å². The monoisotopic (exact) mass is 329 g/mol. The Kier molecular flexibility index (Phi) is 4.34. The number of hydrogen-bond donors (Lipinski definition) is 2. The van der Waals surface area contributed by atoms with E-state index in [1.165, 1.54) is 16.2 Å². The Morgan fingerprint density at radius 3 is 2.65 bits per heavy atom. The largest absolute Gasteiger partial charge is 0.336 e. The van der Waals surface area contributed by atoms with E-state index in [2.05, 4.69) is 17.6 Å². The van der Waals surface area contributed by atoms with Crippen LogP contribution in [-0.2, 0) is 6.42 Å². The van der Waals surface area contributed by atoms with Crippen LogP contribution in [-0.4, -0.2) is 25.0 Å². The number of hydrogen-bond acceptors (Lipinski definition) is 3. The average Bonchev–Trinajstić information content (AvgIpc) is 3.14. The highest BCUT2D eigenvalue weighted by atomic mass is 32.1. The third kappa shape index (κ3) is 3.22. The van der Waals surface area contributed by atoms with Gasteiger partial charge in [0.25, 0.3) is 5.91 Å². The van der Waals surface area contributed by atoms with Crippen LogP contribution in [0.4, 0.5) is 16.2 Å². The van der Waals surface area contributed by atoms with Crippen LogP contribution in [0.1, 0.15) is 27.0 Å². The van der Waals surface area contributed by atoms with Crippen molar-refractivity contribution in [2.24, 2.45) is 0 Å². The first-order valence-corrected chi connectivity index (χ1v) is 8.46. The first-order valence-electron chi connectivity index (χ1n) is 7.64. The van der Waals surface area contributed by atoms with E-state index < -0.39 is 0 Å². The Morgan fingerprint density at radius 1 is 1.35 bits per heavy atom. The summed E-state index contributed by atoms with van der Waals surface area (Å²) in [6.45, 7) is 5.45. The number of nitrogens with one attached hydrogen (secondary N) is 2. The Morgan fingerprint density at radius 2 is 2.09 bits per heavy atom. The molecule has 2 N–H and O–H groups in total. The highest BCUT2D eigenvalue weighted by molar-refractivity contribution is 7.14. The number of urea groups is 1. The van der Waals surface area contributed by atoms with Crippen LogP contribution in [0.25, 0.3) is 0 Å². The molecule has 120 valence electrons. The number of benzene rings is 1. The van der Waals surface area contributed by atoms with E-state index in [1.807, 2.05) is 37.3 Å². The minimum absolute atomic E-state index is 0.0806. The molecule has 0 unspecified atom stereocenters. The lowest BCUT2D eigenvalue weighted by atomic mass is 10.2. The lowest BCUT2D eigenvalue weighted by Gasteiger charge is -2.14. The molecule has 2 heterocycles. The molecular weight excluding hydrogens is 310 g/mol. The highest BCUT2D eigenvalue weighted by Gasteiger charge is 2.20. The molecule has 0 radical (unpaired) electrons. The molecule has 1 aromatic heterocycles. The van der Waals surface area contributed by atoms with Crippen LogP contribution in [0.2, 0.25) is 0 Å². The van der Waals surface area contributed by atoms with Crippen molar-refractivity contribution >= 4 is 34.6 Å². The average molecular weight is 329 g/mol. The molecule has 0 saturated carbocycles. The summed E-state index contributed by atoms with van der Waals surface area (Å²) >= 11 is 1.54. The predicted octanol–water partition coefficient (Wildman–Crippen LogP) is 3.40. The van der Waals surface area contributed by atoms with Gasteiger partial charge in [0.1, 0.15) is 0 Å². The number of nitrogens with zero attached hydrogens (tertiary/aromatic N) is 1. The lowest BCUT2D eigenvalue weighted by molar-refractivity contribution is 0.103. The van der Waals surface area contributed by atoms with Gasteiger partial charge >= 0.3 is 6.03 Å². The number of aryl methyl sites for hydroxylation is 2. The zero-order chi connectivity index (χ0) is 16.4. The summed E-state index contributed by atoms with van der Waals surface area (Å²) in [6, 6.07) is 9.18. The van der Waals surface area contributed by atoms with Crippen molar-refractivity contribution < 1.29 is 9.59 Å². The molecular formula is C17H19N3O2S. The smallest absolute Gasteiger partial charge is 0.321 e. The molecule has 5 nitrogen and oxygen atoms in total. The van der Waals surface area contributed by atoms with Gasteiger partial charge in [0, 0.05) is 29.3 Å². The van der Waals surface area contributed by atoms with Crippen molar-refractivity contribution in [3.05, 3.63) is 45.6 Å². The number of carbonyl (C=O) groups excluding carboxylic acids is 2. The van der Waals surface area contributed by atoms with Crippen LogP contribution >= 0.6 is 11.3 Å². The SMILES string of the molecule is CCc1sc(C(=O)Nc2ccc(N3CCNC3=O)cc2)cc1C. The van der Waals surface area contributed by atoms with Crippen molar-refractivity contribution in [3.8, 4) is 0 Å². The molecule has 1 aliphatic rings. The molecule has 1 saturated heterocycles. The number of thiophene rings is 1. The first-order chi connectivity index (χ1) is 11.1. The molecule has 1 aliphatic heterocycles. The maximum Gasteiger partial charge on any atom is 0.321 e. The first kappa shape index (κ1) is 15.6. The Hall–Kier alpha value is -2.34. The molecule has 1 fully saturated rings. The van der Waals surface area contributed by atoms with Gasteiger partial charge in [-0.3, -0.25) is 9.69 Å². The fraction of sp³-hybridized carbons (Fsp3) is 0.294. The van der Waals surface area contributed by atoms with Crippen LogP contribution in [0.3, 0.4) is 0 Å². The van der Waals surface area contributed by atoms with Crippen molar-refractivity contribution in [1.29, 1.82) is 0 Å². The summed E-state index contributed by atoms with van der Waals surface area (Å²) in [7, 11) is 0. The number of amides is 3. The van der Waals surface area contributed by atoms with Crippen LogP contribution < -0.4 is 15.5 Å². The van der Waals surface area contributed by atoms with E-state index >= 15 is 0 Å². The van der Waals surface area contributed by atoms with Gasteiger partial charge in [0.2, 0.25) is 0 Å². The third-order valence-corrected chi connectivity index (χ3v) is 5.24. The number of carbonyl (C=O) groups is 2. The molecule has 6 heteroatoms. The summed E-state index contributed by atoms with van der Waals surface area (Å²) in [5.41, 5.74) is 2.72. The normalized spacial score (nSPS) is 14.0. The van der Waals surface area contributed by atoms with Crippen LogP contribution in [0.15, 0.2) is 30.3 Å². The van der Waals surface area contributed by atoms with Crippen molar-refractivity contribution in [3.63, 3.8) is 0 Å². The minimum atomic E-state index is -0.0931. The van der Waals surface area contributed by atoms with Gasteiger partial charge in [-0.1, -0.05) is 6.92 Å². The number of anilines is 2. The molecule has 1 aromatic carbocycles. The molecule has 0 aliphatic carbocycles. The van der Waals surface area contributed by atoms with E-state index in [-0.39, 0.29) is 11.9 Å². The zero-order valence-corrected chi connectivity index (χ0v) is 14.0. The van der Waals surface area contributed by atoms with Crippen molar-refractivity contribution in [2.45, 2.75) is 20.3 Å². The Balaban J connectivity index is 1.70. The Bertz CT molecular complexity index is 737. The fourth-order valence-corrected chi connectivity index (χ4v) is 3.63. The number of rotatable bonds is 4. The van der Waals surface area contributed by atoms with Crippen molar-refractivity contribution in [2.75, 3.05) is 23.3 Å². The third-order valence-electron chi connectivity index (χ3n) is 3.86. The summed E-state index contributed by atoms with van der Waals surface area (Å²) in [4.78, 5) is 27.6. The topological polar surface area (TPSA) is 61.4 Å². The Labute approximate surface area is 139 Å². The van der Waals surface area contributed by atoms with Gasteiger partial charge in [0.15, 0.2) is 0 Å². The van der Waals surface area contributed by atoms with E-state index in [0.717, 1.165) is 28.2 Å². The van der Waals surface area contributed by atoms with Crippen molar-refractivity contribution in [1.82, 2.24) is 5.32 Å². The van der Waals surface area contributed by atoms with E-state index in [1.54, 1.807) is 4.90 Å². The summed E-state index contributed by atoms with van der Waals surface area (Å²) < 4.78 is 0. The van der Waals surface area contributed by atoms with Gasteiger partial charge in [-0.15, -0.1) is 11.3 Å². The summed E-state index contributed by atoms with van der Waals surface area (Å²) in [6.07, 6.45) is 0.941. The molecule has 0 spiro atoms. The second-order valence-corrected chi connectivity index (χ2v) is 6.59. The summed E-state index contributed by atoms with van der Waals surface area (Å²) in [5.74, 6) is -0.0931. The fourth-order valence-electron chi connectivity index (χ4n) is 2.62. The van der Waals surface area contributed by atoms with Crippen LogP contribution in [0, 0.1) is 6.92 Å². The van der Waals surface area contributed by atoms with Gasteiger partial charge < -0.3 is 10.6 Å². The highest BCUT2D eigenvalue weighted by Crippen LogP contribution is 2.24. The molecule has 3 amide bonds. The molecule has 2 aromatic rings. The lowest BCUT2D eigenvalue weighted by Crippen LogP contribution is -2.27. The van der Waals surface area contributed by atoms with Gasteiger partial charge in [0.05, 0.1) is 4.88 Å². The van der Waals surface area contributed by atoms with Crippen LogP contribution in [0.5, 0.6) is 0 Å². The van der Waals surface area contributed by atoms with Gasteiger partial charge in [-0.2, -0.15) is 0 Å². The zero-order valence-electron chi connectivity index (χ0n) is 13.2. The van der Waals surface area contributed by atoms with E-state index in [0.29, 0.717) is 13.1 Å². The van der Waals surface area contributed by atoms with E-state index in [4.69, 9.17) is 0 Å². The maximum atomic E-state index is 12.3. The molecule has 0 bridgehead atoms. The quantitative estimate of drug-likeness (QED) is 0.903. The molecule has 0 atom stereocenters. The maximum absolute atomic E-state index is 12.3.